The van der Waals surface area contributed by atoms with E-state index in [1.54, 1.807) is 31.2 Å². The Kier molecular flexibility index (Phi) is 5.26. The number of nitrogens with zero attached hydrogens (tertiary/aromatic N) is 3. The number of anilines is 1. The summed E-state index contributed by atoms with van der Waals surface area (Å²) in [5.74, 6) is 1.16. The number of benzene rings is 2. The quantitative estimate of drug-likeness (QED) is 0.517. The van der Waals surface area contributed by atoms with Crippen molar-refractivity contribution in [2.45, 2.75) is 0 Å². The fourth-order valence-electron chi connectivity index (χ4n) is 2.90. The second-order valence-electron chi connectivity index (χ2n) is 6.08. The Hall–Kier alpha value is -3.65. The van der Waals surface area contributed by atoms with E-state index in [-0.39, 0.29) is 5.91 Å². The van der Waals surface area contributed by atoms with Gasteiger partial charge in [0.25, 0.3) is 5.91 Å². The molecular weight excluding hydrogens is 388 g/mol. The molecule has 0 aliphatic heterocycles. The van der Waals surface area contributed by atoms with Gasteiger partial charge in [0.1, 0.15) is 0 Å². The molecule has 2 heterocycles. The van der Waals surface area contributed by atoms with Crippen molar-refractivity contribution in [1.29, 1.82) is 0 Å². The molecule has 7 nitrogen and oxygen atoms in total. The van der Waals surface area contributed by atoms with Crippen LogP contribution in [0.2, 0.25) is 0 Å². The molecule has 4 aromatic rings. The van der Waals surface area contributed by atoms with Crippen LogP contribution < -0.4 is 14.8 Å². The summed E-state index contributed by atoms with van der Waals surface area (Å²) >= 11 is 1.40. The number of nitrogens with one attached hydrogen (secondary N) is 1. The van der Waals surface area contributed by atoms with Gasteiger partial charge in [0.15, 0.2) is 11.5 Å². The van der Waals surface area contributed by atoms with Gasteiger partial charge in [-0.15, -0.1) is 16.4 Å². The molecule has 29 heavy (non-hydrogen) atoms. The summed E-state index contributed by atoms with van der Waals surface area (Å²) < 4.78 is 12.4. The smallest absolute Gasteiger partial charge is 0.265 e. The van der Waals surface area contributed by atoms with Crippen molar-refractivity contribution in [3.05, 3.63) is 71.1 Å². The number of hydrogen-bond donors (Lipinski definition) is 1. The first-order valence-corrected chi connectivity index (χ1v) is 9.66. The minimum Gasteiger partial charge on any atom is -0.493 e. The van der Waals surface area contributed by atoms with Crippen LogP contribution in [0.4, 0.5) is 5.69 Å². The molecule has 146 valence electrons. The molecule has 0 spiro atoms. The molecule has 4 rings (SSSR count). The molecule has 0 bridgehead atoms. The van der Waals surface area contributed by atoms with E-state index >= 15 is 0 Å². The zero-order valence-electron chi connectivity index (χ0n) is 15.8. The summed E-state index contributed by atoms with van der Waals surface area (Å²) in [5.41, 5.74) is 3.23. The first kappa shape index (κ1) is 18.7. The highest BCUT2D eigenvalue weighted by Gasteiger charge is 2.13. The fourth-order valence-corrected chi connectivity index (χ4v) is 3.52. The first-order chi connectivity index (χ1) is 14.2. The zero-order valence-corrected chi connectivity index (χ0v) is 16.6. The van der Waals surface area contributed by atoms with Crippen molar-refractivity contribution < 1.29 is 14.3 Å². The lowest BCUT2D eigenvalue weighted by Crippen LogP contribution is -2.10. The van der Waals surface area contributed by atoms with Gasteiger partial charge in [-0.25, -0.2) is 4.68 Å². The molecule has 0 aliphatic carbocycles. The lowest BCUT2D eigenvalue weighted by molar-refractivity contribution is 0.103. The van der Waals surface area contributed by atoms with Crippen LogP contribution in [0.5, 0.6) is 11.5 Å². The Bertz CT molecular complexity index is 1120. The number of hydrogen-bond acceptors (Lipinski definition) is 6. The largest absolute Gasteiger partial charge is 0.493 e. The maximum absolute atomic E-state index is 12.2. The lowest BCUT2D eigenvalue weighted by Gasteiger charge is -2.11. The third-order valence-electron chi connectivity index (χ3n) is 4.34. The Labute approximate surface area is 171 Å². The number of methoxy groups -OCH3 is 2. The van der Waals surface area contributed by atoms with Crippen LogP contribution in [0.3, 0.4) is 0 Å². The first-order valence-electron chi connectivity index (χ1n) is 8.78. The highest BCUT2D eigenvalue weighted by atomic mass is 32.1. The molecule has 1 amide bonds. The topological polar surface area (TPSA) is 78.3 Å². The Morgan fingerprint density at radius 2 is 1.83 bits per heavy atom. The van der Waals surface area contributed by atoms with Crippen molar-refractivity contribution in [1.82, 2.24) is 15.0 Å². The predicted molar refractivity (Wildman–Crippen MR) is 112 cm³/mol. The SMILES string of the molecule is COc1ccc(-c2cnnn2-c2ccc(NC(=O)c3cccs3)cc2)cc1OC. The van der Waals surface area contributed by atoms with E-state index in [9.17, 15) is 4.79 Å². The zero-order chi connectivity index (χ0) is 20.2. The van der Waals surface area contributed by atoms with Gasteiger partial charge in [0, 0.05) is 11.3 Å². The number of carbonyl (C=O) groups excluding carboxylic acids is 1. The summed E-state index contributed by atoms with van der Waals surface area (Å²) in [6.45, 7) is 0. The molecule has 0 radical (unpaired) electrons. The molecule has 0 fully saturated rings. The van der Waals surface area contributed by atoms with Crippen molar-refractivity contribution in [2.24, 2.45) is 0 Å². The number of aromatic nitrogens is 3. The van der Waals surface area contributed by atoms with Gasteiger partial charge in [0.2, 0.25) is 0 Å². The number of thiophene rings is 1. The van der Waals surface area contributed by atoms with Crippen LogP contribution in [0.15, 0.2) is 66.2 Å². The average molecular weight is 406 g/mol. The standard InChI is InChI=1S/C21H18N4O3S/c1-27-18-10-5-14(12-19(18)28-2)17-13-22-24-25(17)16-8-6-15(7-9-16)23-21(26)20-4-3-11-29-20/h3-13H,1-2H3,(H,23,26). The third kappa shape index (κ3) is 3.83. The molecule has 2 aromatic heterocycles. The highest BCUT2D eigenvalue weighted by molar-refractivity contribution is 7.12. The van der Waals surface area contributed by atoms with Gasteiger partial charge in [-0.3, -0.25) is 4.79 Å². The van der Waals surface area contributed by atoms with Crippen LogP contribution in [0, 0.1) is 0 Å². The summed E-state index contributed by atoms with van der Waals surface area (Å²) in [7, 11) is 3.20. The molecule has 0 aliphatic rings. The van der Waals surface area contributed by atoms with Crippen LogP contribution in [-0.2, 0) is 0 Å². The summed E-state index contributed by atoms with van der Waals surface area (Å²) in [6, 6.07) is 16.7. The number of rotatable bonds is 6. The van der Waals surface area contributed by atoms with Crippen LogP contribution in [0.25, 0.3) is 16.9 Å². The third-order valence-corrected chi connectivity index (χ3v) is 5.21. The summed E-state index contributed by atoms with van der Waals surface area (Å²) in [4.78, 5) is 12.9. The normalized spacial score (nSPS) is 10.6. The highest BCUT2D eigenvalue weighted by Crippen LogP contribution is 2.32. The molecule has 0 saturated heterocycles. The Morgan fingerprint density at radius 3 is 2.52 bits per heavy atom. The molecular formula is C21H18N4O3S. The molecule has 0 saturated carbocycles. The summed E-state index contributed by atoms with van der Waals surface area (Å²) in [5, 5.41) is 13.0. The number of amides is 1. The van der Waals surface area contributed by atoms with Crippen LogP contribution >= 0.6 is 11.3 Å². The maximum Gasteiger partial charge on any atom is 0.265 e. The molecule has 0 atom stereocenters. The van der Waals surface area contributed by atoms with Gasteiger partial charge in [-0.05, 0) is 53.9 Å². The minimum atomic E-state index is -0.125. The lowest BCUT2D eigenvalue weighted by atomic mass is 10.1. The molecule has 8 heteroatoms. The van der Waals surface area contributed by atoms with Crippen molar-refractivity contribution in [3.63, 3.8) is 0 Å². The van der Waals surface area contributed by atoms with E-state index in [0.717, 1.165) is 16.9 Å². The van der Waals surface area contributed by atoms with Gasteiger partial charge >= 0.3 is 0 Å². The van der Waals surface area contributed by atoms with Crippen molar-refractivity contribution in [2.75, 3.05) is 19.5 Å². The molecule has 0 unspecified atom stereocenters. The van der Waals surface area contributed by atoms with Crippen LogP contribution in [-0.4, -0.2) is 35.1 Å². The van der Waals surface area contributed by atoms with E-state index in [1.165, 1.54) is 11.3 Å². The predicted octanol–water partition coefficient (Wildman–Crippen LogP) is 4.27. The molecule has 2 aromatic carbocycles. The number of carbonyl (C=O) groups is 1. The van der Waals surface area contributed by atoms with E-state index in [4.69, 9.17) is 9.47 Å². The summed E-state index contributed by atoms with van der Waals surface area (Å²) in [6.07, 6.45) is 1.69. The van der Waals surface area contributed by atoms with Crippen molar-refractivity contribution >= 4 is 22.9 Å². The van der Waals surface area contributed by atoms with E-state index < -0.39 is 0 Å². The van der Waals surface area contributed by atoms with E-state index in [2.05, 4.69) is 15.6 Å². The van der Waals surface area contributed by atoms with Gasteiger partial charge in [-0.2, -0.15) is 0 Å². The van der Waals surface area contributed by atoms with Crippen LogP contribution in [0.1, 0.15) is 9.67 Å². The molecule has 1 N–H and O–H groups in total. The monoisotopic (exact) mass is 406 g/mol. The van der Waals surface area contributed by atoms with Gasteiger partial charge in [0.05, 0.1) is 36.7 Å². The fraction of sp³-hybridized carbons (Fsp3) is 0.0952. The second kappa shape index (κ2) is 8.15. The van der Waals surface area contributed by atoms with Crippen molar-refractivity contribution in [3.8, 4) is 28.4 Å². The van der Waals surface area contributed by atoms with E-state index in [0.29, 0.717) is 22.1 Å². The second-order valence-corrected chi connectivity index (χ2v) is 7.03. The van der Waals surface area contributed by atoms with E-state index in [1.807, 2.05) is 53.9 Å². The van der Waals surface area contributed by atoms with Gasteiger partial charge in [-0.1, -0.05) is 11.3 Å². The minimum absolute atomic E-state index is 0.125. The Balaban J connectivity index is 1.59. The number of ether oxygens (including phenoxy) is 2. The van der Waals surface area contributed by atoms with Gasteiger partial charge < -0.3 is 14.8 Å². The Morgan fingerprint density at radius 1 is 1.03 bits per heavy atom. The average Bonchev–Trinajstić information content (AvgIpc) is 3.46. The maximum atomic E-state index is 12.2.